The van der Waals surface area contributed by atoms with Crippen molar-refractivity contribution in [1.29, 1.82) is 0 Å². The van der Waals surface area contributed by atoms with Crippen molar-refractivity contribution >= 4 is 33.4 Å². The van der Waals surface area contributed by atoms with Crippen molar-refractivity contribution in [2.24, 2.45) is 0 Å². The standard InChI is InChI=1S/C13H18BrN5O/c1-13(2,3)17-11(20)6-7-15-12-16-10-5-4-9(14)8-19(10)18-12/h4-5,8H,6-7H2,1-3H3,(H,15,18)(H,17,20). The number of nitrogens with one attached hydrogen (secondary N) is 2. The highest BCUT2D eigenvalue weighted by Crippen LogP contribution is 2.12. The second kappa shape index (κ2) is 5.78. The van der Waals surface area contributed by atoms with Crippen LogP contribution in [0.5, 0.6) is 0 Å². The van der Waals surface area contributed by atoms with Gasteiger partial charge in [0, 0.05) is 29.2 Å². The number of hydrogen-bond acceptors (Lipinski definition) is 4. The lowest BCUT2D eigenvalue weighted by Gasteiger charge is -2.20. The Morgan fingerprint density at radius 2 is 2.15 bits per heavy atom. The molecule has 0 aliphatic heterocycles. The number of rotatable bonds is 4. The zero-order valence-corrected chi connectivity index (χ0v) is 13.4. The summed E-state index contributed by atoms with van der Waals surface area (Å²) < 4.78 is 2.62. The summed E-state index contributed by atoms with van der Waals surface area (Å²) in [5.74, 6) is 0.531. The summed E-state index contributed by atoms with van der Waals surface area (Å²) in [6, 6.07) is 3.78. The second-order valence-corrected chi connectivity index (χ2v) is 6.48. The highest BCUT2D eigenvalue weighted by molar-refractivity contribution is 9.10. The van der Waals surface area contributed by atoms with Crippen molar-refractivity contribution in [3.63, 3.8) is 0 Å². The molecule has 6 nitrogen and oxygen atoms in total. The van der Waals surface area contributed by atoms with Crippen LogP contribution >= 0.6 is 15.9 Å². The third-order valence-corrected chi connectivity index (χ3v) is 2.91. The van der Waals surface area contributed by atoms with Crippen molar-refractivity contribution in [3.05, 3.63) is 22.8 Å². The minimum Gasteiger partial charge on any atom is -0.352 e. The first-order valence-corrected chi connectivity index (χ1v) is 7.20. The van der Waals surface area contributed by atoms with Gasteiger partial charge in [-0.05, 0) is 48.8 Å². The van der Waals surface area contributed by atoms with Crippen LogP contribution in [-0.4, -0.2) is 32.6 Å². The Morgan fingerprint density at radius 3 is 2.85 bits per heavy atom. The van der Waals surface area contributed by atoms with Gasteiger partial charge in [-0.3, -0.25) is 4.79 Å². The Kier molecular flexibility index (Phi) is 4.27. The molecule has 0 saturated carbocycles. The van der Waals surface area contributed by atoms with E-state index in [1.54, 1.807) is 4.52 Å². The Morgan fingerprint density at radius 1 is 1.40 bits per heavy atom. The van der Waals surface area contributed by atoms with Gasteiger partial charge < -0.3 is 10.6 Å². The molecule has 0 radical (unpaired) electrons. The van der Waals surface area contributed by atoms with E-state index in [-0.39, 0.29) is 11.4 Å². The summed E-state index contributed by atoms with van der Waals surface area (Å²) in [6.45, 7) is 6.37. The topological polar surface area (TPSA) is 71.3 Å². The number of halogens is 1. The van der Waals surface area contributed by atoms with E-state index >= 15 is 0 Å². The van der Waals surface area contributed by atoms with Crippen LogP contribution in [0.4, 0.5) is 5.95 Å². The Hall–Kier alpha value is -1.63. The molecule has 1 amide bonds. The van der Waals surface area contributed by atoms with Gasteiger partial charge in [-0.2, -0.15) is 4.98 Å². The van der Waals surface area contributed by atoms with Gasteiger partial charge >= 0.3 is 0 Å². The van der Waals surface area contributed by atoms with Crippen molar-refractivity contribution in [1.82, 2.24) is 19.9 Å². The molecular weight excluding hydrogens is 322 g/mol. The lowest BCUT2D eigenvalue weighted by Crippen LogP contribution is -2.41. The molecule has 108 valence electrons. The molecule has 0 unspecified atom stereocenters. The minimum absolute atomic E-state index is 0.0107. The van der Waals surface area contributed by atoms with Crippen LogP contribution in [0.2, 0.25) is 0 Å². The normalized spacial score (nSPS) is 11.6. The maximum absolute atomic E-state index is 11.7. The first-order valence-electron chi connectivity index (χ1n) is 6.40. The lowest BCUT2D eigenvalue weighted by atomic mass is 10.1. The highest BCUT2D eigenvalue weighted by atomic mass is 79.9. The molecule has 0 bridgehead atoms. The van der Waals surface area contributed by atoms with Gasteiger partial charge in [-0.15, -0.1) is 5.10 Å². The fraction of sp³-hybridized carbons (Fsp3) is 0.462. The van der Waals surface area contributed by atoms with Crippen LogP contribution in [0.25, 0.3) is 5.65 Å². The Bertz CT molecular complexity index is 617. The average molecular weight is 340 g/mol. The van der Waals surface area contributed by atoms with Crippen molar-refractivity contribution in [2.45, 2.75) is 32.7 Å². The van der Waals surface area contributed by atoms with Crippen LogP contribution in [0.3, 0.4) is 0 Å². The van der Waals surface area contributed by atoms with Crippen molar-refractivity contribution < 1.29 is 4.79 Å². The van der Waals surface area contributed by atoms with Crippen LogP contribution in [0.1, 0.15) is 27.2 Å². The molecule has 0 saturated heterocycles. The SMILES string of the molecule is CC(C)(C)NC(=O)CCNc1nc2ccc(Br)cn2n1. The summed E-state index contributed by atoms with van der Waals surface area (Å²) >= 11 is 3.38. The van der Waals surface area contributed by atoms with E-state index < -0.39 is 0 Å². The number of nitrogens with zero attached hydrogens (tertiary/aromatic N) is 3. The van der Waals surface area contributed by atoms with E-state index in [2.05, 4.69) is 36.6 Å². The van der Waals surface area contributed by atoms with Crippen LogP contribution < -0.4 is 10.6 Å². The smallest absolute Gasteiger partial charge is 0.243 e. The average Bonchev–Trinajstić information content (AvgIpc) is 2.68. The maximum atomic E-state index is 11.7. The molecule has 0 aliphatic carbocycles. The molecule has 2 N–H and O–H groups in total. The first kappa shape index (κ1) is 14.8. The maximum Gasteiger partial charge on any atom is 0.243 e. The van der Waals surface area contributed by atoms with Gasteiger partial charge in [0.2, 0.25) is 11.9 Å². The molecule has 2 rings (SSSR count). The van der Waals surface area contributed by atoms with E-state index in [0.717, 1.165) is 10.1 Å². The number of aromatic nitrogens is 3. The zero-order valence-electron chi connectivity index (χ0n) is 11.8. The van der Waals surface area contributed by atoms with Gasteiger partial charge in [0.1, 0.15) is 0 Å². The van der Waals surface area contributed by atoms with E-state index in [4.69, 9.17) is 0 Å². The van der Waals surface area contributed by atoms with Gasteiger partial charge in [-0.25, -0.2) is 4.52 Å². The number of anilines is 1. The fourth-order valence-corrected chi connectivity index (χ4v) is 2.03. The van der Waals surface area contributed by atoms with Crippen molar-refractivity contribution in [3.8, 4) is 0 Å². The molecule has 0 aromatic carbocycles. The molecule has 0 atom stereocenters. The quantitative estimate of drug-likeness (QED) is 0.895. The minimum atomic E-state index is -0.204. The van der Waals surface area contributed by atoms with Crippen molar-refractivity contribution in [2.75, 3.05) is 11.9 Å². The molecule has 2 aromatic rings. The number of pyridine rings is 1. The van der Waals surface area contributed by atoms with Crippen LogP contribution in [0.15, 0.2) is 22.8 Å². The third-order valence-electron chi connectivity index (χ3n) is 2.44. The monoisotopic (exact) mass is 339 g/mol. The molecule has 20 heavy (non-hydrogen) atoms. The van der Waals surface area contributed by atoms with Crippen LogP contribution in [0, 0.1) is 0 Å². The number of carbonyl (C=O) groups excluding carboxylic acids is 1. The highest BCUT2D eigenvalue weighted by Gasteiger charge is 2.13. The Labute approximate surface area is 126 Å². The molecule has 0 spiro atoms. The predicted molar refractivity (Wildman–Crippen MR) is 81.7 cm³/mol. The number of hydrogen-bond donors (Lipinski definition) is 2. The van der Waals surface area contributed by atoms with Gasteiger partial charge in [0.15, 0.2) is 5.65 Å². The molecule has 7 heteroatoms. The third kappa shape index (κ3) is 4.19. The lowest BCUT2D eigenvalue weighted by molar-refractivity contribution is -0.122. The summed E-state index contributed by atoms with van der Waals surface area (Å²) in [5.41, 5.74) is 0.555. The number of amides is 1. The number of fused-ring (bicyclic) bond motifs is 1. The summed E-state index contributed by atoms with van der Waals surface area (Å²) in [7, 11) is 0. The fourth-order valence-electron chi connectivity index (χ4n) is 1.70. The van der Waals surface area contributed by atoms with E-state index in [1.807, 2.05) is 39.1 Å². The van der Waals surface area contributed by atoms with Gasteiger partial charge in [0.25, 0.3) is 0 Å². The number of carbonyl (C=O) groups is 1. The molecule has 0 aliphatic rings. The summed E-state index contributed by atoms with van der Waals surface area (Å²) in [4.78, 5) is 16.0. The first-order chi connectivity index (χ1) is 9.33. The molecule has 0 fully saturated rings. The van der Waals surface area contributed by atoms with Gasteiger partial charge in [-0.1, -0.05) is 0 Å². The van der Waals surface area contributed by atoms with E-state index in [9.17, 15) is 4.79 Å². The zero-order chi connectivity index (χ0) is 14.8. The summed E-state index contributed by atoms with van der Waals surface area (Å²) in [6.07, 6.45) is 2.22. The molecular formula is C13H18BrN5O. The second-order valence-electron chi connectivity index (χ2n) is 5.56. The largest absolute Gasteiger partial charge is 0.352 e. The van der Waals surface area contributed by atoms with E-state index in [0.29, 0.717) is 18.9 Å². The molecule has 2 aromatic heterocycles. The summed E-state index contributed by atoms with van der Waals surface area (Å²) in [5, 5.41) is 10.2. The van der Waals surface area contributed by atoms with Crippen LogP contribution in [-0.2, 0) is 4.79 Å². The predicted octanol–water partition coefficient (Wildman–Crippen LogP) is 2.21. The Balaban J connectivity index is 1.88. The molecule has 2 heterocycles. The van der Waals surface area contributed by atoms with Gasteiger partial charge in [0.05, 0.1) is 0 Å². The van der Waals surface area contributed by atoms with E-state index in [1.165, 1.54) is 0 Å².